The number of hydrogen-bond donors (Lipinski definition) is 2. The average Bonchev–Trinajstić information content (AvgIpc) is 2.70. The van der Waals surface area contributed by atoms with E-state index in [2.05, 4.69) is 15.6 Å². The molecule has 7 heteroatoms. The summed E-state index contributed by atoms with van der Waals surface area (Å²) in [5, 5.41) is 5.85. The number of nitrogens with one attached hydrogen (secondary N) is 2. The Kier molecular flexibility index (Phi) is 5.68. The third kappa shape index (κ3) is 4.62. The predicted molar refractivity (Wildman–Crippen MR) is 105 cm³/mol. The summed E-state index contributed by atoms with van der Waals surface area (Å²) in [6, 6.07) is 16.8. The van der Waals surface area contributed by atoms with Gasteiger partial charge < -0.3 is 15.4 Å². The molecule has 0 saturated heterocycles. The molecule has 2 amide bonds. The Morgan fingerprint density at radius 2 is 1.70 bits per heavy atom. The van der Waals surface area contributed by atoms with Gasteiger partial charge in [0.15, 0.2) is 0 Å². The molecule has 0 spiro atoms. The van der Waals surface area contributed by atoms with Gasteiger partial charge in [0.1, 0.15) is 11.4 Å². The minimum Gasteiger partial charge on any atom is -0.497 e. The number of methoxy groups -OCH3 is 1. The fourth-order valence-electron chi connectivity index (χ4n) is 2.32. The van der Waals surface area contributed by atoms with E-state index in [1.165, 1.54) is 18.3 Å². The van der Waals surface area contributed by atoms with E-state index in [9.17, 15) is 9.59 Å². The minimum atomic E-state index is -0.456. The van der Waals surface area contributed by atoms with Crippen molar-refractivity contribution < 1.29 is 14.3 Å². The zero-order chi connectivity index (χ0) is 19.2. The summed E-state index contributed by atoms with van der Waals surface area (Å²) in [5.41, 5.74) is 1.50. The van der Waals surface area contributed by atoms with E-state index < -0.39 is 5.91 Å². The van der Waals surface area contributed by atoms with Crippen LogP contribution in [0.3, 0.4) is 0 Å². The fourth-order valence-corrected chi connectivity index (χ4v) is 2.51. The van der Waals surface area contributed by atoms with Crippen molar-refractivity contribution in [3.8, 4) is 5.75 Å². The molecule has 0 atom stereocenters. The van der Waals surface area contributed by atoms with Crippen molar-refractivity contribution in [3.05, 3.63) is 83.1 Å². The van der Waals surface area contributed by atoms with Crippen LogP contribution in [0.2, 0.25) is 5.02 Å². The lowest BCUT2D eigenvalue weighted by Crippen LogP contribution is -2.17. The molecule has 136 valence electrons. The van der Waals surface area contributed by atoms with E-state index in [0.717, 1.165) is 0 Å². The maximum absolute atomic E-state index is 12.4. The molecule has 6 nitrogen and oxygen atoms in total. The first kappa shape index (κ1) is 18.4. The van der Waals surface area contributed by atoms with Crippen molar-refractivity contribution in [2.75, 3.05) is 17.7 Å². The molecule has 2 N–H and O–H groups in total. The van der Waals surface area contributed by atoms with Gasteiger partial charge >= 0.3 is 0 Å². The van der Waals surface area contributed by atoms with E-state index in [1.54, 1.807) is 55.6 Å². The summed E-state index contributed by atoms with van der Waals surface area (Å²) in [4.78, 5) is 28.9. The number of nitrogens with zero attached hydrogens (tertiary/aromatic N) is 1. The molecular weight excluding hydrogens is 366 g/mol. The van der Waals surface area contributed by atoms with Crippen LogP contribution in [0.4, 0.5) is 11.4 Å². The van der Waals surface area contributed by atoms with Crippen molar-refractivity contribution in [1.29, 1.82) is 0 Å². The van der Waals surface area contributed by atoms with Gasteiger partial charge in [-0.05, 0) is 48.5 Å². The largest absolute Gasteiger partial charge is 0.497 e. The predicted octanol–water partition coefficient (Wildman–Crippen LogP) is 4.25. The quantitative estimate of drug-likeness (QED) is 0.692. The summed E-state index contributed by atoms with van der Waals surface area (Å²) in [5.74, 6) is -0.119. The van der Waals surface area contributed by atoms with Gasteiger partial charge in [-0.3, -0.25) is 14.6 Å². The van der Waals surface area contributed by atoms with E-state index >= 15 is 0 Å². The Bertz CT molecular complexity index is 974. The molecule has 0 unspecified atom stereocenters. The Balaban J connectivity index is 1.73. The van der Waals surface area contributed by atoms with Crippen molar-refractivity contribution >= 4 is 34.8 Å². The summed E-state index contributed by atoms with van der Waals surface area (Å²) in [6.07, 6.45) is 1.41. The molecule has 0 aliphatic rings. The van der Waals surface area contributed by atoms with Crippen LogP contribution >= 0.6 is 11.6 Å². The summed E-state index contributed by atoms with van der Waals surface area (Å²) >= 11 is 6.04. The third-order valence-corrected chi connectivity index (χ3v) is 4.05. The Hall–Kier alpha value is -3.38. The standard InChI is InChI=1S/C20H16ClN3O3/c1-27-15-8-6-14(7-9-15)23-19(25)13-10-11-22-18(12-13)20(26)24-17-5-3-2-4-16(17)21/h2-12H,1H3,(H,23,25)(H,24,26). The van der Waals surface area contributed by atoms with Crippen LogP contribution in [0.1, 0.15) is 20.8 Å². The Morgan fingerprint density at radius 3 is 2.41 bits per heavy atom. The highest BCUT2D eigenvalue weighted by atomic mass is 35.5. The number of anilines is 2. The third-order valence-electron chi connectivity index (χ3n) is 3.72. The SMILES string of the molecule is COc1ccc(NC(=O)c2ccnc(C(=O)Nc3ccccc3Cl)c2)cc1. The molecule has 0 aliphatic heterocycles. The van der Waals surface area contributed by atoms with Crippen molar-refractivity contribution in [3.63, 3.8) is 0 Å². The monoisotopic (exact) mass is 381 g/mol. The second-order valence-electron chi connectivity index (χ2n) is 5.55. The second kappa shape index (κ2) is 8.33. The van der Waals surface area contributed by atoms with E-state index in [1.807, 2.05) is 0 Å². The van der Waals surface area contributed by atoms with Gasteiger partial charge in [-0.1, -0.05) is 23.7 Å². The number of hydrogen-bond acceptors (Lipinski definition) is 4. The minimum absolute atomic E-state index is 0.109. The van der Waals surface area contributed by atoms with Gasteiger partial charge in [0.2, 0.25) is 0 Å². The van der Waals surface area contributed by atoms with Gasteiger partial charge in [-0.25, -0.2) is 0 Å². The lowest BCUT2D eigenvalue weighted by atomic mass is 10.2. The van der Waals surface area contributed by atoms with Crippen LogP contribution in [0.15, 0.2) is 66.9 Å². The molecule has 0 bridgehead atoms. The summed E-state index contributed by atoms with van der Waals surface area (Å²) in [6.45, 7) is 0. The number of rotatable bonds is 5. The highest BCUT2D eigenvalue weighted by molar-refractivity contribution is 6.33. The number of para-hydroxylation sites is 1. The lowest BCUT2D eigenvalue weighted by molar-refractivity contribution is 0.102. The fraction of sp³-hybridized carbons (Fsp3) is 0.0500. The van der Waals surface area contributed by atoms with Crippen molar-refractivity contribution in [1.82, 2.24) is 4.98 Å². The van der Waals surface area contributed by atoms with Gasteiger partial charge in [0.25, 0.3) is 11.8 Å². The highest BCUT2D eigenvalue weighted by Gasteiger charge is 2.13. The number of halogens is 1. The summed E-state index contributed by atoms with van der Waals surface area (Å²) in [7, 11) is 1.57. The number of carbonyl (C=O) groups is 2. The van der Waals surface area contributed by atoms with Crippen LogP contribution in [-0.2, 0) is 0 Å². The zero-order valence-electron chi connectivity index (χ0n) is 14.4. The molecule has 1 aromatic heterocycles. The van der Waals surface area contributed by atoms with Gasteiger partial charge in [0, 0.05) is 17.4 Å². The number of pyridine rings is 1. The molecule has 2 aromatic carbocycles. The van der Waals surface area contributed by atoms with Crippen LogP contribution < -0.4 is 15.4 Å². The second-order valence-corrected chi connectivity index (χ2v) is 5.95. The van der Waals surface area contributed by atoms with Gasteiger partial charge in [-0.15, -0.1) is 0 Å². The molecule has 0 saturated carbocycles. The normalized spacial score (nSPS) is 10.1. The van der Waals surface area contributed by atoms with Crippen LogP contribution in [0, 0.1) is 0 Å². The first-order chi connectivity index (χ1) is 13.1. The summed E-state index contributed by atoms with van der Waals surface area (Å²) < 4.78 is 5.08. The number of carbonyl (C=O) groups excluding carboxylic acids is 2. The molecular formula is C20H16ClN3O3. The van der Waals surface area contributed by atoms with Gasteiger partial charge in [0.05, 0.1) is 17.8 Å². The van der Waals surface area contributed by atoms with Crippen molar-refractivity contribution in [2.45, 2.75) is 0 Å². The maximum Gasteiger partial charge on any atom is 0.274 e. The first-order valence-corrected chi connectivity index (χ1v) is 8.42. The number of aromatic nitrogens is 1. The topological polar surface area (TPSA) is 80.3 Å². The molecule has 1 heterocycles. The highest BCUT2D eigenvalue weighted by Crippen LogP contribution is 2.21. The smallest absolute Gasteiger partial charge is 0.274 e. The first-order valence-electron chi connectivity index (χ1n) is 8.04. The molecule has 0 fully saturated rings. The van der Waals surface area contributed by atoms with Crippen LogP contribution in [0.5, 0.6) is 5.75 Å². The molecule has 3 rings (SSSR count). The average molecular weight is 382 g/mol. The molecule has 0 aliphatic carbocycles. The molecule has 0 radical (unpaired) electrons. The van der Waals surface area contributed by atoms with Crippen LogP contribution in [-0.4, -0.2) is 23.9 Å². The van der Waals surface area contributed by atoms with Gasteiger partial charge in [-0.2, -0.15) is 0 Å². The molecule has 3 aromatic rings. The number of amides is 2. The van der Waals surface area contributed by atoms with E-state index in [0.29, 0.717) is 27.7 Å². The lowest BCUT2D eigenvalue weighted by Gasteiger charge is -2.09. The van der Waals surface area contributed by atoms with E-state index in [4.69, 9.17) is 16.3 Å². The maximum atomic E-state index is 12.4. The Labute approximate surface area is 161 Å². The zero-order valence-corrected chi connectivity index (χ0v) is 15.2. The molecule has 27 heavy (non-hydrogen) atoms. The Morgan fingerprint density at radius 1 is 0.963 bits per heavy atom. The van der Waals surface area contributed by atoms with Crippen LogP contribution in [0.25, 0.3) is 0 Å². The van der Waals surface area contributed by atoms with Crippen molar-refractivity contribution in [2.24, 2.45) is 0 Å². The number of benzene rings is 2. The number of ether oxygens (including phenoxy) is 1. The van der Waals surface area contributed by atoms with E-state index in [-0.39, 0.29) is 11.6 Å².